The number of rotatable bonds is 3. The van der Waals surface area contributed by atoms with Crippen LogP contribution in [0, 0.1) is 0 Å². The van der Waals surface area contributed by atoms with Gasteiger partial charge in [0.25, 0.3) is 0 Å². The molecular weight excluding hydrogens is 328 g/mol. The second-order valence-corrected chi connectivity index (χ2v) is 5.18. The van der Waals surface area contributed by atoms with Crippen LogP contribution in [0.3, 0.4) is 0 Å². The largest absolute Gasteiger partial charge is 0.433 e. The van der Waals surface area contributed by atoms with E-state index in [0.29, 0.717) is 24.9 Å². The maximum atomic E-state index is 14.4. The smallest absolute Gasteiger partial charge is 0.369 e. The number of morpholine rings is 1. The number of aromatic nitrogens is 2. The first-order valence-electron chi connectivity index (χ1n) is 7.22. The third kappa shape index (κ3) is 3.62. The predicted octanol–water partition coefficient (Wildman–Crippen LogP) is 3.18. The van der Waals surface area contributed by atoms with Crippen LogP contribution in [-0.2, 0) is 10.9 Å². The van der Waals surface area contributed by atoms with Crippen molar-refractivity contribution in [3.63, 3.8) is 0 Å². The normalized spacial score (nSPS) is 18.4. The molecule has 0 amide bonds. The Bertz CT molecular complexity index is 687. The molecule has 0 aliphatic carbocycles. The summed E-state index contributed by atoms with van der Waals surface area (Å²) in [5.41, 5.74) is -0.789. The molecule has 9 heteroatoms. The van der Waals surface area contributed by atoms with Crippen LogP contribution in [0.2, 0.25) is 0 Å². The highest BCUT2D eigenvalue weighted by molar-refractivity contribution is 5.59. The van der Waals surface area contributed by atoms with Crippen LogP contribution >= 0.6 is 0 Å². The van der Waals surface area contributed by atoms with E-state index in [0.717, 1.165) is 18.8 Å². The molecule has 0 spiro atoms. The molecule has 3 rings (SSSR count). The Morgan fingerprint density at radius 3 is 2.62 bits per heavy atom. The maximum Gasteiger partial charge on any atom is 0.433 e. The number of anilines is 2. The van der Waals surface area contributed by atoms with Gasteiger partial charge in [0.2, 0.25) is 0 Å². The fraction of sp³-hybridized carbons (Fsp3) is 0.333. The van der Waals surface area contributed by atoms with E-state index in [-0.39, 0.29) is 22.6 Å². The molecule has 128 valence electrons. The van der Waals surface area contributed by atoms with E-state index in [4.69, 9.17) is 4.74 Å². The average Bonchev–Trinajstić information content (AvgIpc) is 2.61. The fourth-order valence-electron chi connectivity index (χ4n) is 2.31. The molecule has 1 atom stereocenters. The lowest BCUT2D eigenvalue weighted by atomic mass is 10.2. The summed E-state index contributed by atoms with van der Waals surface area (Å²) >= 11 is 0. The maximum absolute atomic E-state index is 14.4. The summed E-state index contributed by atoms with van der Waals surface area (Å²) in [7, 11) is 0. The van der Waals surface area contributed by atoms with Crippen molar-refractivity contribution in [2.45, 2.75) is 12.3 Å². The molecule has 0 aromatic carbocycles. The van der Waals surface area contributed by atoms with Crippen molar-refractivity contribution in [2.24, 2.45) is 0 Å². The van der Waals surface area contributed by atoms with E-state index in [1.807, 2.05) is 0 Å². The van der Waals surface area contributed by atoms with Crippen LogP contribution in [0.1, 0.15) is 17.5 Å². The Morgan fingerprint density at radius 2 is 2.00 bits per heavy atom. The summed E-state index contributed by atoms with van der Waals surface area (Å²) in [6.45, 7) is 1.92. The monoisotopic (exact) mass is 342 g/mol. The van der Waals surface area contributed by atoms with Gasteiger partial charge in [0.15, 0.2) is 0 Å². The molecule has 1 N–H and O–H groups in total. The molecule has 1 fully saturated rings. The molecule has 0 bridgehead atoms. The third-order valence-corrected chi connectivity index (χ3v) is 3.52. The molecular formula is C15H14F4N4O. The Labute approximate surface area is 135 Å². The van der Waals surface area contributed by atoms with Crippen molar-refractivity contribution in [1.82, 2.24) is 15.3 Å². The molecule has 1 aliphatic heterocycles. The minimum atomic E-state index is -4.63. The van der Waals surface area contributed by atoms with Gasteiger partial charge in [0.1, 0.15) is 11.8 Å². The van der Waals surface area contributed by atoms with Gasteiger partial charge in [-0.2, -0.15) is 18.3 Å². The highest BCUT2D eigenvalue weighted by Crippen LogP contribution is 2.32. The van der Waals surface area contributed by atoms with Gasteiger partial charge in [0, 0.05) is 19.3 Å². The van der Waals surface area contributed by atoms with Crippen LogP contribution in [-0.4, -0.2) is 29.7 Å². The molecule has 3 heterocycles. The van der Waals surface area contributed by atoms with E-state index in [1.165, 1.54) is 12.3 Å². The highest BCUT2D eigenvalue weighted by atomic mass is 19.4. The van der Waals surface area contributed by atoms with Crippen LogP contribution in [0.4, 0.5) is 29.0 Å². The van der Waals surface area contributed by atoms with E-state index in [1.54, 1.807) is 6.07 Å². The minimum absolute atomic E-state index is 0.0156. The van der Waals surface area contributed by atoms with E-state index < -0.39 is 11.9 Å². The first-order valence-corrected chi connectivity index (χ1v) is 7.22. The SMILES string of the molecule is FN(c1ccc(C2CNCCO2)nc1)c1ccnc(C(F)(F)F)c1. The first-order chi connectivity index (χ1) is 11.4. The molecule has 0 saturated carbocycles. The Kier molecular flexibility index (Phi) is 4.63. The fourth-order valence-corrected chi connectivity index (χ4v) is 2.31. The second-order valence-electron chi connectivity index (χ2n) is 5.18. The topological polar surface area (TPSA) is 50.3 Å². The quantitative estimate of drug-likeness (QED) is 0.686. The Morgan fingerprint density at radius 1 is 1.17 bits per heavy atom. The van der Waals surface area contributed by atoms with Gasteiger partial charge in [-0.05, 0) is 24.3 Å². The van der Waals surface area contributed by atoms with Crippen LogP contribution < -0.4 is 10.4 Å². The number of alkyl halides is 3. The minimum Gasteiger partial charge on any atom is -0.369 e. The van der Waals surface area contributed by atoms with Crippen LogP contribution in [0.15, 0.2) is 36.7 Å². The Hall–Kier alpha value is -2.26. The standard InChI is InChI=1S/C15H14F4N4O/c16-15(17,18)14-7-10(3-4-21-14)23(19)11-1-2-12(22-8-11)13-9-20-5-6-24-13/h1-4,7-8,13,20H,5-6,9H2. The molecule has 1 saturated heterocycles. The van der Waals surface area contributed by atoms with Crippen molar-refractivity contribution < 1.29 is 22.4 Å². The number of nitrogens with one attached hydrogen (secondary N) is 1. The van der Waals surface area contributed by atoms with Crippen molar-refractivity contribution in [1.29, 1.82) is 0 Å². The lowest BCUT2D eigenvalue weighted by molar-refractivity contribution is -0.141. The molecule has 24 heavy (non-hydrogen) atoms. The Balaban J connectivity index is 1.78. The summed E-state index contributed by atoms with van der Waals surface area (Å²) in [5.74, 6) is 0. The van der Waals surface area contributed by atoms with Crippen molar-refractivity contribution in [3.8, 4) is 0 Å². The number of hydrogen-bond donors (Lipinski definition) is 1. The number of nitrogens with zero attached hydrogens (tertiary/aromatic N) is 3. The summed E-state index contributed by atoms with van der Waals surface area (Å²) in [4.78, 5) is 7.34. The van der Waals surface area contributed by atoms with Gasteiger partial charge in [-0.3, -0.25) is 9.97 Å². The average molecular weight is 342 g/mol. The van der Waals surface area contributed by atoms with E-state index in [2.05, 4.69) is 15.3 Å². The number of hydrogen-bond acceptors (Lipinski definition) is 5. The molecule has 5 nitrogen and oxygen atoms in total. The summed E-state index contributed by atoms with van der Waals surface area (Å²) < 4.78 is 57.9. The highest BCUT2D eigenvalue weighted by Gasteiger charge is 2.33. The van der Waals surface area contributed by atoms with Crippen LogP contribution in [0.25, 0.3) is 0 Å². The second kappa shape index (κ2) is 6.70. The van der Waals surface area contributed by atoms with Gasteiger partial charge < -0.3 is 10.1 Å². The van der Waals surface area contributed by atoms with Gasteiger partial charge in [-0.25, -0.2) is 0 Å². The predicted molar refractivity (Wildman–Crippen MR) is 78.3 cm³/mol. The lowest BCUT2D eigenvalue weighted by Crippen LogP contribution is -2.33. The van der Waals surface area contributed by atoms with E-state index in [9.17, 15) is 17.7 Å². The zero-order valence-electron chi connectivity index (χ0n) is 12.4. The summed E-state index contributed by atoms with van der Waals surface area (Å²) in [5, 5.41) is 3.29. The van der Waals surface area contributed by atoms with Gasteiger partial charge in [-0.1, -0.05) is 4.48 Å². The molecule has 0 radical (unpaired) electrons. The van der Waals surface area contributed by atoms with Crippen LogP contribution in [0.5, 0.6) is 0 Å². The van der Waals surface area contributed by atoms with Crippen molar-refractivity contribution in [2.75, 3.05) is 24.8 Å². The van der Waals surface area contributed by atoms with E-state index >= 15 is 0 Å². The molecule has 2 aromatic heterocycles. The van der Waals surface area contributed by atoms with Gasteiger partial charge in [0.05, 0.1) is 29.9 Å². The zero-order valence-corrected chi connectivity index (χ0v) is 12.4. The van der Waals surface area contributed by atoms with Gasteiger partial charge >= 0.3 is 6.18 Å². The molecule has 2 aromatic rings. The third-order valence-electron chi connectivity index (χ3n) is 3.52. The van der Waals surface area contributed by atoms with Crippen molar-refractivity contribution >= 4 is 11.4 Å². The number of pyridine rings is 2. The molecule has 1 aliphatic rings. The number of ether oxygens (including phenoxy) is 1. The first kappa shape index (κ1) is 16.6. The molecule has 1 unspecified atom stereocenters. The number of halogens is 4. The lowest BCUT2D eigenvalue weighted by Gasteiger charge is -2.23. The summed E-state index contributed by atoms with van der Waals surface area (Å²) in [6.07, 6.45) is -2.70. The zero-order chi connectivity index (χ0) is 17.2. The summed E-state index contributed by atoms with van der Waals surface area (Å²) in [6, 6.07) is 4.82. The van der Waals surface area contributed by atoms with Crippen molar-refractivity contribution in [3.05, 3.63) is 48.0 Å². The van der Waals surface area contributed by atoms with Gasteiger partial charge in [-0.15, -0.1) is 0 Å².